The minimum absolute atomic E-state index is 0.192. The molecule has 0 unspecified atom stereocenters. The number of hydrogen-bond donors (Lipinski definition) is 1. The van der Waals surface area contributed by atoms with E-state index in [0.29, 0.717) is 5.75 Å². The number of amides is 1. The number of nitrogens with one attached hydrogen (secondary N) is 1. The molecule has 1 N–H and O–H groups in total. The second-order valence-electron chi connectivity index (χ2n) is 7.16. The number of para-hydroxylation sites is 1. The van der Waals surface area contributed by atoms with Crippen LogP contribution >= 0.6 is 0 Å². The molecule has 0 aromatic heterocycles. The number of rotatable bonds is 7. The number of anilines is 1. The summed E-state index contributed by atoms with van der Waals surface area (Å²) in [5.41, 5.74) is -0.0464. The molecular weight excluding hydrogens is 383 g/mol. The summed E-state index contributed by atoms with van der Waals surface area (Å²) in [6.45, 7) is 4.91. The van der Waals surface area contributed by atoms with Crippen molar-refractivity contribution in [3.8, 4) is 5.75 Å². The SMILES string of the molecule is CC(C)(C)c1ccccc1OCC(=O)OCC(=O)Nc1cc([N+](=O)[O-])ccc1F. The van der Waals surface area contributed by atoms with Crippen LogP contribution < -0.4 is 10.1 Å². The highest BCUT2D eigenvalue weighted by Gasteiger charge is 2.19. The van der Waals surface area contributed by atoms with Gasteiger partial charge in [-0.3, -0.25) is 14.9 Å². The van der Waals surface area contributed by atoms with E-state index in [1.54, 1.807) is 12.1 Å². The maximum Gasteiger partial charge on any atom is 0.344 e. The molecule has 0 atom stereocenters. The van der Waals surface area contributed by atoms with E-state index in [1.807, 2.05) is 32.9 Å². The topological polar surface area (TPSA) is 108 Å². The summed E-state index contributed by atoms with van der Waals surface area (Å²) in [6.07, 6.45) is 0. The van der Waals surface area contributed by atoms with Crippen LogP contribution in [0.1, 0.15) is 26.3 Å². The highest BCUT2D eigenvalue weighted by molar-refractivity contribution is 5.93. The summed E-state index contributed by atoms with van der Waals surface area (Å²) in [7, 11) is 0. The van der Waals surface area contributed by atoms with Gasteiger partial charge in [-0.15, -0.1) is 0 Å². The van der Waals surface area contributed by atoms with E-state index in [0.717, 1.165) is 23.8 Å². The van der Waals surface area contributed by atoms with Crippen molar-refractivity contribution in [2.24, 2.45) is 0 Å². The first kappa shape index (κ1) is 21.8. The van der Waals surface area contributed by atoms with Gasteiger partial charge in [-0.1, -0.05) is 39.0 Å². The van der Waals surface area contributed by atoms with E-state index in [4.69, 9.17) is 9.47 Å². The molecule has 2 aromatic carbocycles. The first-order valence-corrected chi connectivity index (χ1v) is 8.69. The van der Waals surface area contributed by atoms with E-state index < -0.39 is 35.8 Å². The van der Waals surface area contributed by atoms with Gasteiger partial charge in [0.25, 0.3) is 11.6 Å². The van der Waals surface area contributed by atoms with E-state index in [9.17, 15) is 24.1 Å². The Bertz CT molecular complexity index is 923. The van der Waals surface area contributed by atoms with Crippen molar-refractivity contribution in [3.05, 3.63) is 64.0 Å². The smallest absolute Gasteiger partial charge is 0.344 e. The zero-order chi connectivity index (χ0) is 21.6. The Hall–Kier alpha value is -3.49. The lowest BCUT2D eigenvalue weighted by atomic mass is 9.86. The quantitative estimate of drug-likeness (QED) is 0.429. The van der Waals surface area contributed by atoms with Crippen LogP contribution in [0.4, 0.5) is 15.8 Å². The number of nitro groups is 1. The number of ether oxygens (including phenoxy) is 2. The minimum atomic E-state index is -0.850. The van der Waals surface area contributed by atoms with Crippen molar-refractivity contribution < 1.29 is 28.4 Å². The van der Waals surface area contributed by atoms with Gasteiger partial charge in [-0.05, 0) is 23.1 Å². The fourth-order valence-corrected chi connectivity index (χ4v) is 2.45. The number of esters is 1. The van der Waals surface area contributed by atoms with E-state index in [2.05, 4.69) is 5.32 Å². The van der Waals surface area contributed by atoms with Gasteiger partial charge in [0.1, 0.15) is 11.6 Å². The molecule has 154 valence electrons. The van der Waals surface area contributed by atoms with Crippen LogP contribution in [0.25, 0.3) is 0 Å². The highest BCUT2D eigenvalue weighted by atomic mass is 19.1. The van der Waals surface area contributed by atoms with Gasteiger partial charge >= 0.3 is 5.97 Å². The molecular formula is C20H21FN2O6. The van der Waals surface area contributed by atoms with Gasteiger partial charge in [0.2, 0.25) is 0 Å². The lowest BCUT2D eigenvalue weighted by Gasteiger charge is -2.22. The maximum absolute atomic E-state index is 13.7. The Labute approximate surface area is 166 Å². The molecule has 0 heterocycles. The number of hydrogen-bond acceptors (Lipinski definition) is 6. The molecule has 0 fully saturated rings. The van der Waals surface area contributed by atoms with Crippen LogP contribution in [0.5, 0.6) is 5.75 Å². The minimum Gasteiger partial charge on any atom is -0.482 e. The maximum atomic E-state index is 13.7. The molecule has 2 aromatic rings. The molecule has 8 nitrogen and oxygen atoms in total. The summed E-state index contributed by atoms with van der Waals surface area (Å²) in [6, 6.07) is 9.97. The summed E-state index contributed by atoms with van der Waals surface area (Å²) in [5, 5.41) is 12.9. The Morgan fingerprint density at radius 2 is 1.83 bits per heavy atom. The second kappa shape index (κ2) is 9.13. The Morgan fingerprint density at radius 3 is 2.48 bits per heavy atom. The third-order valence-electron chi connectivity index (χ3n) is 3.84. The molecule has 2 rings (SSSR count). The largest absolute Gasteiger partial charge is 0.482 e. The first-order chi connectivity index (χ1) is 13.6. The Kier molecular flexibility index (Phi) is 6.87. The van der Waals surface area contributed by atoms with Gasteiger partial charge in [-0.2, -0.15) is 0 Å². The van der Waals surface area contributed by atoms with E-state index in [-0.39, 0.29) is 16.8 Å². The lowest BCUT2D eigenvalue weighted by Crippen LogP contribution is -2.24. The van der Waals surface area contributed by atoms with Crippen LogP contribution in [0.15, 0.2) is 42.5 Å². The second-order valence-corrected chi connectivity index (χ2v) is 7.16. The van der Waals surface area contributed by atoms with E-state index in [1.165, 1.54) is 0 Å². The van der Waals surface area contributed by atoms with Crippen molar-refractivity contribution in [2.75, 3.05) is 18.5 Å². The predicted molar refractivity (Wildman–Crippen MR) is 103 cm³/mol. The summed E-state index contributed by atoms with van der Waals surface area (Å²) in [5.74, 6) is -1.95. The summed E-state index contributed by atoms with van der Waals surface area (Å²) >= 11 is 0. The van der Waals surface area contributed by atoms with Crippen LogP contribution in [0, 0.1) is 15.9 Å². The molecule has 1 amide bonds. The number of benzene rings is 2. The van der Waals surface area contributed by atoms with Crippen LogP contribution in [-0.2, 0) is 19.7 Å². The highest BCUT2D eigenvalue weighted by Crippen LogP contribution is 2.30. The Balaban J connectivity index is 1.88. The van der Waals surface area contributed by atoms with Crippen molar-refractivity contribution in [3.63, 3.8) is 0 Å². The van der Waals surface area contributed by atoms with Crippen LogP contribution in [0.2, 0.25) is 0 Å². The molecule has 0 aliphatic carbocycles. The van der Waals surface area contributed by atoms with Gasteiger partial charge in [0.15, 0.2) is 13.2 Å². The number of carbonyl (C=O) groups excluding carboxylic acids is 2. The average molecular weight is 404 g/mol. The van der Waals surface area contributed by atoms with Gasteiger partial charge in [-0.25, -0.2) is 9.18 Å². The van der Waals surface area contributed by atoms with Gasteiger partial charge in [0.05, 0.1) is 10.6 Å². The monoisotopic (exact) mass is 404 g/mol. The van der Waals surface area contributed by atoms with Gasteiger partial charge in [0, 0.05) is 12.1 Å². The zero-order valence-corrected chi connectivity index (χ0v) is 16.2. The Morgan fingerprint density at radius 1 is 1.14 bits per heavy atom. The number of nitro benzene ring substituents is 1. The average Bonchev–Trinajstić information content (AvgIpc) is 2.65. The normalized spacial score (nSPS) is 10.9. The van der Waals surface area contributed by atoms with Crippen molar-refractivity contribution in [2.45, 2.75) is 26.2 Å². The third-order valence-corrected chi connectivity index (χ3v) is 3.84. The third kappa shape index (κ3) is 6.27. The molecule has 0 spiro atoms. The van der Waals surface area contributed by atoms with Crippen molar-refractivity contribution in [1.82, 2.24) is 0 Å². The fourth-order valence-electron chi connectivity index (χ4n) is 2.45. The molecule has 0 radical (unpaired) electrons. The molecule has 0 saturated heterocycles. The van der Waals surface area contributed by atoms with Crippen molar-refractivity contribution in [1.29, 1.82) is 0 Å². The number of halogens is 1. The number of non-ortho nitro benzene ring substituents is 1. The lowest BCUT2D eigenvalue weighted by molar-refractivity contribution is -0.384. The molecule has 0 aliphatic rings. The van der Waals surface area contributed by atoms with Gasteiger partial charge < -0.3 is 14.8 Å². The molecule has 29 heavy (non-hydrogen) atoms. The zero-order valence-electron chi connectivity index (χ0n) is 16.2. The molecule has 0 aliphatic heterocycles. The number of carbonyl (C=O) groups is 2. The molecule has 0 bridgehead atoms. The standard InChI is InChI=1S/C20H21FN2O6/c1-20(2,3)14-6-4-5-7-17(14)28-12-19(25)29-11-18(24)22-16-10-13(23(26)27)8-9-15(16)21/h4-10H,11-12H2,1-3H3,(H,22,24). The fraction of sp³-hybridized carbons (Fsp3) is 0.300. The summed E-state index contributed by atoms with van der Waals surface area (Å²) in [4.78, 5) is 33.7. The van der Waals surface area contributed by atoms with E-state index >= 15 is 0 Å². The van der Waals surface area contributed by atoms with Crippen molar-refractivity contribution >= 4 is 23.3 Å². The van der Waals surface area contributed by atoms with Crippen LogP contribution in [0.3, 0.4) is 0 Å². The number of nitrogens with zero attached hydrogens (tertiary/aromatic N) is 1. The molecule has 9 heteroatoms. The molecule has 0 saturated carbocycles. The summed E-state index contributed by atoms with van der Waals surface area (Å²) < 4.78 is 24.0. The predicted octanol–water partition coefficient (Wildman–Crippen LogP) is 3.59. The first-order valence-electron chi connectivity index (χ1n) is 8.69. The van der Waals surface area contributed by atoms with Crippen LogP contribution in [-0.4, -0.2) is 30.0 Å².